The molecule has 0 aliphatic heterocycles. The van der Waals surface area contributed by atoms with E-state index in [1.165, 1.54) is 0 Å². The molecule has 0 atom stereocenters. The first-order valence-corrected chi connectivity index (χ1v) is 2.09. The number of carbonyl (C=O) groups is 1. The molecular formula is C3H2F3O2S. The molecule has 0 amide bonds. The Kier molecular flexibility index (Phi) is 5.28. The highest BCUT2D eigenvalue weighted by Gasteiger charge is 2.40. The van der Waals surface area contributed by atoms with Crippen LogP contribution in [0.25, 0.3) is 0 Å². The van der Waals surface area contributed by atoms with E-state index in [1.54, 1.807) is 0 Å². The van der Waals surface area contributed by atoms with Gasteiger partial charge in [-0.3, -0.25) is 0 Å². The summed E-state index contributed by atoms with van der Waals surface area (Å²) in [4.78, 5) is 8.78. The summed E-state index contributed by atoms with van der Waals surface area (Å²) >= 11 is 3.83. The lowest BCUT2D eigenvalue weighted by Gasteiger charge is -1.90. The number of hydrogen-bond acceptors (Lipinski definition) is 2. The van der Waals surface area contributed by atoms with Gasteiger partial charge in [-0.15, -0.1) is 0 Å². The molecule has 9 heavy (non-hydrogen) atoms. The minimum absolute atomic E-state index is 2.83. The van der Waals surface area contributed by atoms with Crippen LogP contribution >= 0.6 is 12.2 Å². The Morgan fingerprint density at radius 2 is 1.44 bits per heavy atom. The van der Waals surface area contributed by atoms with E-state index in [9.17, 15) is 13.2 Å². The lowest BCUT2D eigenvalue weighted by atomic mass is 10.7. The van der Waals surface area contributed by atoms with E-state index < -0.39 is 12.1 Å². The molecule has 0 N–H and O–H groups in total. The highest BCUT2D eigenvalue weighted by Crippen LogP contribution is 2.13. The highest BCUT2D eigenvalue weighted by molar-refractivity contribution is 7.77. The van der Waals surface area contributed by atoms with E-state index in [-0.39, 0.29) is 0 Å². The van der Waals surface area contributed by atoms with Gasteiger partial charge in [-0.05, 0) is 5.87 Å². The molecule has 0 aromatic heterocycles. The summed E-state index contributed by atoms with van der Waals surface area (Å²) < 4.78 is 31.5. The molecule has 53 valence electrons. The van der Waals surface area contributed by atoms with Gasteiger partial charge in [-0.2, -0.15) is 13.2 Å². The molecule has 0 heterocycles. The van der Waals surface area contributed by atoms with E-state index in [1.807, 2.05) is 0 Å². The Bertz CT molecular complexity index is 99.7. The van der Waals surface area contributed by atoms with E-state index in [2.05, 4.69) is 18.1 Å². The Morgan fingerprint density at radius 3 is 1.44 bits per heavy atom. The van der Waals surface area contributed by atoms with Gasteiger partial charge in [0.2, 0.25) is 0 Å². The van der Waals surface area contributed by atoms with Gasteiger partial charge in [-0.25, -0.2) is 9.90 Å². The van der Waals surface area contributed by atoms with Crippen molar-refractivity contribution in [1.82, 2.24) is 0 Å². The topological polar surface area (TPSA) is 37.0 Å². The van der Waals surface area contributed by atoms with Gasteiger partial charge >= 0.3 is 12.1 Å². The van der Waals surface area contributed by atoms with Crippen LogP contribution in [-0.4, -0.2) is 18.0 Å². The fourth-order valence-corrected chi connectivity index (χ4v) is 0. The number of hydrogen-bond donors (Lipinski definition) is 0. The van der Waals surface area contributed by atoms with Crippen molar-refractivity contribution < 1.29 is 23.1 Å². The molecule has 1 radical (unpaired) electrons. The van der Waals surface area contributed by atoms with Gasteiger partial charge in [0.25, 0.3) is 0 Å². The molecule has 0 saturated carbocycles. The van der Waals surface area contributed by atoms with Crippen LogP contribution in [0.15, 0.2) is 0 Å². The molecule has 0 rings (SSSR count). The third-order valence-electron chi connectivity index (χ3n) is 0.231. The maximum atomic E-state index is 10.5. The molecule has 0 aliphatic rings. The molecular weight excluding hydrogens is 157 g/mol. The molecule has 2 nitrogen and oxygen atoms in total. The number of thiocarbonyl (C=S) groups is 1. The molecule has 0 unspecified atom stereocenters. The van der Waals surface area contributed by atoms with Crippen molar-refractivity contribution in [1.29, 1.82) is 0 Å². The van der Waals surface area contributed by atoms with Crippen LogP contribution in [0.4, 0.5) is 13.2 Å². The van der Waals surface area contributed by atoms with Crippen molar-refractivity contribution in [3.8, 4) is 0 Å². The zero-order valence-corrected chi connectivity index (χ0v) is 4.88. The number of halogens is 3. The third-order valence-corrected chi connectivity index (χ3v) is 0.231. The van der Waals surface area contributed by atoms with Crippen LogP contribution in [0.5, 0.6) is 0 Å². The maximum Gasteiger partial charge on any atom is 0.495 e. The minimum atomic E-state index is -5.19. The van der Waals surface area contributed by atoms with E-state index in [0.717, 1.165) is 0 Å². The fourth-order valence-electron chi connectivity index (χ4n) is 0. The van der Waals surface area contributed by atoms with Gasteiger partial charge in [0.05, 0.1) is 0 Å². The minimum Gasteiger partial charge on any atom is -0.237 e. The van der Waals surface area contributed by atoms with Crippen molar-refractivity contribution in [2.75, 3.05) is 0 Å². The van der Waals surface area contributed by atoms with Crippen LogP contribution in [0.1, 0.15) is 0 Å². The van der Waals surface area contributed by atoms with Gasteiger partial charge in [0.15, 0.2) is 0 Å². The summed E-state index contributed by atoms with van der Waals surface area (Å²) in [7, 11) is 0. The molecule has 0 aromatic rings. The summed E-state index contributed by atoms with van der Waals surface area (Å²) in [6, 6.07) is 0. The summed E-state index contributed by atoms with van der Waals surface area (Å²) in [5.74, 6) is -0.174. The molecule has 0 spiro atoms. The normalized spacial score (nSPS) is 9.22. The number of alkyl halides is 3. The van der Waals surface area contributed by atoms with E-state index >= 15 is 0 Å². The Hall–Kier alpha value is -0.650. The lowest BCUT2D eigenvalue weighted by Crippen LogP contribution is -2.19. The first-order chi connectivity index (χ1) is 3.94. The highest BCUT2D eigenvalue weighted by atomic mass is 32.1. The Labute approximate surface area is 54.3 Å². The van der Waals surface area contributed by atoms with Crippen molar-refractivity contribution in [3.05, 3.63) is 0 Å². The van der Waals surface area contributed by atoms with Crippen molar-refractivity contribution in [3.63, 3.8) is 0 Å². The smallest absolute Gasteiger partial charge is 0.237 e. The van der Waals surface area contributed by atoms with Crippen molar-refractivity contribution in [2.45, 2.75) is 6.18 Å². The molecule has 6 heteroatoms. The quantitative estimate of drug-likeness (QED) is 0.496. The average molecular weight is 159 g/mol. The third kappa shape index (κ3) is 7.35. The van der Waals surface area contributed by atoms with Crippen LogP contribution in [0.3, 0.4) is 0 Å². The second-order valence-electron chi connectivity index (χ2n) is 0.785. The molecule has 0 aromatic carbocycles. The van der Waals surface area contributed by atoms with Gasteiger partial charge in [0.1, 0.15) is 0 Å². The van der Waals surface area contributed by atoms with Crippen LogP contribution < -0.4 is 0 Å². The summed E-state index contributed by atoms with van der Waals surface area (Å²) in [6.45, 7) is 0. The summed E-state index contributed by atoms with van der Waals surface area (Å²) in [6.07, 6.45) is -5.19. The van der Waals surface area contributed by atoms with Crippen LogP contribution in [0, 0.1) is 0 Å². The fraction of sp³-hybridized carbons (Fsp3) is 0.333. The zero-order valence-electron chi connectivity index (χ0n) is 4.07. The van der Waals surface area contributed by atoms with Crippen molar-refractivity contribution in [2.24, 2.45) is 0 Å². The molecule has 0 saturated heterocycles. The maximum absolute atomic E-state index is 10.5. The van der Waals surface area contributed by atoms with Gasteiger partial charge in [0, 0.05) is 0 Å². The lowest BCUT2D eigenvalue weighted by molar-refractivity contribution is -0.199. The SMILES string of the molecule is C=S.[O]C(=O)C(F)(F)F. The number of rotatable bonds is 0. The van der Waals surface area contributed by atoms with Gasteiger partial charge in [-0.1, -0.05) is 12.2 Å². The molecule has 0 aliphatic carbocycles. The first kappa shape index (κ1) is 11.2. The predicted molar refractivity (Wildman–Crippen MR) is 26.5 cm³/mol. The Balaban J connectivity index is 0. The molecule has 0 bridgehead atoms. The standard InChI is InChI=1S/C2F3O2.CH2S/c3-2(4,5)1(6)7;1-2/h;1H2. The van der Waals surface area contributed by atoms with Crippen LogP contribution in [0.2, 0.25) is 0 Å². The first-order valence-electron chi connectivity index (χ1n) is 1.51. The van der Waals surface area contributed by atoms with Crippen LogP contribution in [-0.2, 0) is 9.90 Å². The second-order valence-corrected chi connectivity index (χ2v) is 0.785. The molecule has 0 fully saturated rings. The van der Waals surface area contributed by atoms with E-state index in [0.29, 0.717) is 0 Å². The zero-order chi connectivity index (χ0) is 8.08. The largest absolute Gasteiger partial charge is 0.495 e. The summed E-state index contributed by atoms with van der Waals surface area (Å²) in [5.41, 5.74) is 0. The summed E-state index contributed by atoms with van der Waals surface area (Å²) in [5, 5.41) is 8.78. The van der Waals surface area contributed by atoms with Gasteiger partial charge < -0.3 is 0 Å². The second kappa shape index (κ2) is 4.25. The van der Waals surface area contributed by atoms with Crippen molar-refractivity contribution >= 4 is 24.1 Å². The average Bonchev–Trinajstić information content (AvgIpc) is 1.69. The Morgan fingerprint density at radius 1 is 1.33 bits per heavy atom. The number of carbonyl (C=O) groups excluding carboxylic acids is 1. The monoisotopic (exact) mass is 159 g/mol. The van der Waals surface area contributed by atoms with E-state index in [4.69, 9.17) is 9.90 Å². The predicted octanol–water partition coefficient (Wildman–Crippen LogP) is 1.12.